The molecule has 0 aliphatic carbocycles. The van der Waals surface area contributed by atoms with Crippen LogP contribution < -0.4 is 16.0 Å². The van der Waals surface area contributed by atoms with Crippen molar-refractivity contribution in [1.82, 2.24) is 20.2 Å². The lowest BCUT2D eigenvalue weighted by Crippen LogP contribution is -2.32. The molecule has 2 rings (SSSR count). The summed E-state index contributed by atoms with van der Waals surface area (Å²) in [5, 5.41) is 4.27. The summed E-state index contributed by atoms with van der Waals surface area (Å²) in [5.74, 6) is 5.74. The van der Waals surface area contributed by atoms with E-state index < -0.39 is 11.9 Å². The Kier molecular flexibility index (Phi) is 4.31. The van der Waals surface area contributed by atoms with Gasteiger partial charge in [-0.3, -0.25) is 15.5 Å². The summed E-state index contributed by atoms with van der Waals surface area (Å²) in [6.45, 7) is 3.96. The van der Waals surface area contributed by atoms with Crippen molar-refractivity contribution in [3.05, 3.63) is 41.7 Å². The SMILES string of the molecule is COc1cnn(C(C)C)c1C(NN)c1ccncc1F. The van der Waals surface area contributed by atoms with Gasteiger partial charge < -0.3 is 4.74 Å². The molecule has 6 nitrogen and oxygen atoms in total. The number of halogens is 1. The highest BCUT2D eigenvalue weighted by molar-refractivity contribution is 5.36. The lowest BCUT2D eigenvalue weighted by atomic mass is 10.0. The number of nitrogens with one attached hydrogen (secondary N) is 1. The van der Waals surface area contributed by atoms with Gasteiger partial charge in [-0.05, 0) is 19.9 Å². The first-order valence-corrected chi connectivity index (χ1v) is 6.27. The Morgan fingerprint density at radius 2 is 2.15 bits per heavy atom. The second-order valence-corrected chi connectivity index (χ2v) is 4.63. The molecule has 7 heteroatoms. The molecule has 2 aromatic heterocycles. The smallest absolute Gasteiger partial charge is 0.161 e. The van der Waals surface area contributed by atoms with E-state index in [1.165, 1.54) is 6.20 Å². The van der Waals surface area contributed by atoms with Gasteiger partial charge in [0.25, 0.3) is 0 Å². The molecule has 20 heavy (non-hydrogen) atoms. The second-order valence-electron chi connectivity index (χ2n) is 4.63. The Bertz CT molecular complexity index is 584. The molecule has 0 spiro atoms. The van der Waals surface area contributed by atoms with Crippen LogP contribution in [0.4, 0.5) is 4.39 Å². The van der Waals surface area contributed by atoms with Crippen LogP contribution in [-0.4, -0.2) is 21.9 Å². The molecular weight excluding hydrogens is 261 g/mol. The van der Waals surface area contributed by atoms with Gasteiger partial charge in [0.1, 0.15) is 11.5 Å². The van der Waals surface area contributed by atoms with Crippen LogP contribution in [0.1, 0.15) is 37.2 Å². The van der Waals surface area contributed by atoms with Gasteiger partial charge in [-0.25, -0.2) is 9.82 Å². The molecule has 0 aliphatic heterocycles. The number of hydrogen-bond acceptors (Lipinski definition) is 5. The fraction of sp³-hybridized carbons (Fsp3) is 0.385. The molecule has 0 saturated carbocycles. The van der Waals surface area contributed by atoms with Crippen molar-refractivity contribution in [2.24, 2.45) is 5.84 Å². The van der Waals surface area contributed by atoms with E-state index in [1.54, 1.807) is 24.1 Å². The summed E-state index contributed by atoms with van der Waals surface area (Å²) >= 11 is 0. The highest BCUT2D eigenvalue weighted by atomic mass is 19.1. The zero-order valence-corrected chi connectivity index (χ0v) is 11.7. The quantitative estimate of drug-likeness (QED) is 0.641. The van der Waals surface area contributed by atoms with E-state index in [0.717, 1.165) is 6.20 Å². The van der Waals surface area contributed by atoms with Crippen molar-refractivity contribution < 1.29 is 9.13 Å². The molecule has 108 valence electrons. The largest absolute Gasteiger partial charge is 0.493 e. The average molecular weight is 279 g/mol. The Morgan fingerprint density at radius 1 is 1.40 bits per heavy atom. The Morgan fingerprint density at radius 3 is 2.70 bits per heavy atom. The van der Waals surface area contributed by atoms with E-state index in [9.17, 15) is 4.39 Å². The summed E-state index contributed by atoms with van der Waals surface area (Å²) in [5.41, 5.74) is 3.69. The van der Waals surface area contributed by atoms with Gasteiger partial charge in [0.05, 0.1) is 25.5 Å². The summed E-state index contributed by atoms with van der Waals surface area (Å²) in [4.78, 5) is 3.75. The predicted molar refractivity (Wildman–Crippen MR) is 72.5 cm³/mol. The van der Waals surface area contributed by atoms with E-state index in [2.05, 4.69) is 15.5 Å². The standard InChI is InChI=1S/C13H18FN5O/c1-8(2)19-13(11(20-3)7-17-19)12(18-15)9-4-5-16-6-10(9)14/h4-8,12,18H,15H2,1-3H3. The maximum absolute atomic E-state index is 14.0. The van der Waals surface area contributed by atoms with Crippen molar-refractivity contribution in [2.75, 3.05) is 7.11 Å². The molecule has 3 N–H and O–H groups in total. The zero-order valence-electron chi connectivity index (χ0n) is 11.7. The van der Waals surface area contributed by atoms with Crippen LogP contribution in [0.2, 0.25) is 0 Å². The minimum Gasteiger partial charge on any atom is -0.493 e. The summed E-state index contributed by atoms with van der Waals surface area (Å²) in [6.07, 6.45) is 4.27. The van der Waals surface area contributed by atoms with Crippen LogP contribution in [0.5, 0.6) is 5.75 Å². The van der Waals surface area contributed by atoms with Gasteiger partial charge in [0.15, 0.2) is 5.75 Å². The van der Waals surface area contributed by atoms with Crippen molar-refractivity contribution in [3.8, 4) is 5.75 Å². The lowest BCUT2D eigenvalue weighted by molar-refractivity contribution is 0.392. The first-order chi connectivity index (χ1) is 9.60. The third kappa shape index (κ3) is 2.50. The molecule has 0 amide bonds. The second kappa shape index (κ2) is 5.98. The minimum atomic E-state index is -0.571. The van der Waals surface area contributed by atoms with E-state index in [-0.39, 0.29) is 6.04 Å². The van der Waals surface area contributed by atoms with E-state index in [0.29, 0.717) is 17.0 Å². The minimum absolute atomic E-state index is 0.0923. The molecule has 1 atom stereocenters. The molecule has 2 aromatic rings. The number of hydrazine groups is 1. The van der Waals surface area contributed by atoms with Gasteiger partial charge in [-0.15, -0.1) is 0 Å². The summed E-state index contributed by atoms with van der Waals surface area (Å²) in [6, 6.07) is 1.10. The van der Waals surface area contributed by atoms with Crippen LogP contribution in [0.3, 0.4) is 0 Å². The van der Waals surface area contributed by atoms with Crippen LogP contribution in [-0.2, 0) is 0 Å². The number of nitrogens with zero attached hydrogens (tertiary/aromatic N) is 3. The predicted octanol–water partition coefficient (Wildman–Crippen LogP) is 1.56. The van der Waals surface area contributed by atoms with Gasteiger partial charge in [-0.1, -0.05) is 0 Å². The number of nitrogens with two attached hydrogens (primary N) is 1. The van der Waals surface area contributed by atoms with Gasteiger partial charge in [-0.2, -0.15) is 5.10 Å². The number of rotatable bonds is 5. The molecule has 0 aliphatic rings. The number of ether oxygens (including phenoxy) is 1. The summed E-state index contributed by atoms with van der Waals surface area (Å²) in [7, 11) is 1.54. The average Bonchev–Trinajstić information content (AvgIpc) is 2.86. The topological polar surface area (TPSA) is 78.0 Å². The zero-order chi connectivity index (χ0) is 14.7. The third-order valence-electron chi connectivity index (χ3n) is 3.06. The number of pyridine rings is 1. The third-order valence-corrected chi connectivity index (χ3v) is 3.06. The van der Waals surface area contributed by atoms with Crippen LogP contribution >= 0.6 is 0 Å². The van der Waals surface area contributed by atoms with Gasteiger partial charge in [0, 0.05) is 17.8 Å². The van der Waals surface area contributed by atoms with E-state index >= 15 is 0 Å². The molecular formula is C13H18FN5O. The van der Waals surface area contributed by atoms with E-state index in [1.807, 2.05) is 13.8 Å². The molecule has 0 bridgehead atoms. The monoisotopic (exact) mass is 279 g/mol. The first kappa shape index (κ1) is 14.4. The van der Waals surface area contributed by atoms with Crippen LogP contribution in [0.15, 0.2) is 24.7 Å². The normalized spacial score (nSPS) is 12.7. The molecule has 0 saturated heterocycles. The van der Waals surface area contributed by atoms with Crippen molar-refractivity contribution in [3.63, 3.8) is 0 Å². The Hall–Kier alpha value is -1.99. The summed E-state index contributed by atoms with van der Waals surface area (Å²) < 4.78 is 21.0. The van der Waals surface area contributed by atoms with Crippen LogP contribution in [0.25, 0.3) is 0 Å². The lowest BCUT2D eigenvalue weighted by Gasteiger charge is -2.21. The van der Waals surface area contributed by atoms with Crippen LogP contribution in [0, 0.1) is 5.82 Å². The van der Waals surface area contributed by atoms with Crippen molar-refractivity contribution in [1.29, 1.82) is 0 Å². The molecule has 1 unspecified atom stereocenters. The van der Waals surface area contributed by atoms with Crippen molar-refractivity contribution in [2.45, 2.75) is 25.9 Å². The molecule has 0 aromatic carbocycles. The number of methoxy groups -OCH3 is 1. The fourth-order valence-electron chi connectivity index (χ4n) is 2.14. The van der Waals surface area contributed by atoms with Gasteiger partial charge in [0.2, 0.25) is 0 Å². The maximum Gasteiger partial charge on any atom is 0.161 e. The number of aromatic nitrogens is 3. The highest BCUT2D eigenvalue weighted by Crippen LogP contribution is 2.32. The number of hydrogen-bond donors (Lipinski definition) is 2. The Balaban J connectivity index is 2.57. The molecule has 2 heterocycles. The van der Waals surface area contributed by atoms with Gasteiger partial charge >= 0.3 is 0 Å². The molecule has 0 fully saturated rings. The maximum atomic E-state index is 14.0. The van der Waals surface area contributed by atoms with Crippen molar-refractivity contribution >= 4 is 0 Å². The molecule has 0 radical (unpaired) electrons. The Labute approximate surface area is 116 Å². The highest BCUT2D eigenvalue weighted by Gasteiger charge is 2.26. The first-order valence-electron chi connectivity index (χ1n) is 6.27. The fourth-order valence-corrected chi connectivity index (χ4v) is 2.14. The van der Waals surface area contributed by atoms with E-state index in [4.69, 9.17) is 10.6 Å².